The van der Waals surface area contributed by atoms with Crippen molar-refractivity contribution in [2.24, 2.45) is 5.92 Å². The number of halogens is 1. The zero-order chi connectivity index (χ0) is 14.8. The standard InChI is InChI=1S/C15H24BrN3O/c1-5-11-12(16)13(17-3)19-14(18-11)15(20-4)8-6-7-10(2)9-15/h10H,5-9H2,1-4H3,(H,17,18,19). The van der Waals surface area contributed by atoms with E-state index < -0.39 is 0 Å². The monoisotopic (exact) mass is 341 g/mol. The smallest absolute Gasteiger partial charge is 0.162 e. The molecule has 1 heterocycles. The lowest BCUT2D eigenvalue weighted by molar-refractivity contribution is -0.0646. The number of nitrogens with zero attached hydrogens (tertiary/aromatic N) is 2. The Bertz CT molecular complexity index is 455. The summed E-state index contributed by atoms with van der Waals surface area (Å²) in [6, 6.07) is 0. The lowest BCUT2D eigenvalue weighted by Crippen LogP contribution is -2.36. The van der Waals surface area contributed by atoms with E-state index in [1.54, 1.807) is 7.11 Å². The van der Waals surface area contributed by atoms with Crippen molar-refractivity contribution in [2.75, 3.05) is 19.5 Å². The van der Waals surface area contributed by atoms with Crippen LogP contribution in [0.3, 0.4) is 0 Å². The van der Waals surface area contributed by atoms with Crippen LogP contribution in [0.15, 0.2) is 4.47 Å². The highest BCUT2D eigenvalue weighted by molar-refractivity contribution is 9.10. The number of aromatic nitrogens is 2. The Kier molecular flexibility index (Phi) is 5.02. The molecule has 0 aromatic carbocycles. The molecule has 112 valence electrons. The molecule has 0 bridgehead atoms. The highest BCUT2D eigenvalue weighted by atomic mass is 79.9. The second-order valence-corrected chi connectivity index (χ2v) is 6.45. The van der Waals surface area contributed by atoms with Crippen LogP contribution in [-0.4, -0.2) is 24.1 Å². The van der Waals surface area contributed by atoms with E-state index >= 15 is 0 Å². The number of hydrogen-bond donors (Lipinski definition) is 1. The van der Waals surface area contributed by atoms with Gasteiger partial charge >= 0.3 is 0 Å². The third-order valence-electron chi connectivity index (χ3n) is 4.25. The van der Waals surface area contributed by atoms with E-state index in [1.165, 1.54) is 12.8 Å². The molecule has 1 saturated carbocycles. The number of anilines is 1. The van der Waals surface area contributed by atoms with Gasteiger partial charge in [0.2, 0.25) is 0 Å². The number of hydrogen-bond acceptors (Lipinski definition) is 4. The van der Waals surface area contributed by atoms with Gasteiger partial charge < -0.3 is 10.1 Å². The summed E-state index contributed by atoms with van der Waals surface area (Å²) in [5, 5.41) is 3.15. The first-order valence-electron chi connectivity index (χ1n) is 7.36. The van der Waals surface area contributed by atoms with Gasteiger partial charge in [-0.25, -0.2) is 9.97 Å². The van der Waals surface area contributed by atoms with Gasteiger partial charge in [0.25, 0.3) is 0 Å². The van der Waals surface area contributed by atoms with Crippen molar-refractivity contribution in [3.05, 3.63) is 16.0 Å². The molecule has 0 amide bonds. The Hall–Kier alpha value is -0.680. The molecule has 2 rings (SSSR count). The molecule has 1 aromatic rings. The van der Waals surface area contributed by atoms with Crippen molar-refractivity contribution >= 4 is 21.7 Å². The normalized spacial score (nSPS) is 26.6. The topological polar surface area (TPSA) is 47.0 Å². The molecule has 0 spiro atoms. The van der Waals surface area contributed by atoms with Gasteiger partial charge in [-0.2, -0.15) is 0 Å². The van der Waals surface area contributed by atoms with Gasteiger partial charge in [-0.1, -0.05) is 20.3 Å². The number of methoxy groups -OCH3 is 1. The van der Waals surface area contributed by atoms with Gasteiger partial charge in [-0.15, -0.1) is 0 Å². The molecule has 1 fully saturated rings. The largest absolute Gasteiger partial charge is 0.372 e. The second-order valence-electron chi connectivity index (χ2n) is 5.66. The summed E-state index contributed by atoms with van der Waals surface area (Å²) in [6.07, 6.45) is 5.31. The van der Waals surface area contributed by atoms with Crippen molar-refractivity contribution in [3.8, 4) is 0 Å². The summed E-state index contributed by atoms with van der Waals surface area (Å²) < 4.78 is 6.87. The third kappa shape index (κ3) is 2.84. The minimum absolute atomic E-state index is 0.326. The first-order valence-corrected chi connectivity index (χ1v) is 8.15. The Balaban J connectivity index is 2.49. The number of nitrogens with one attached hydrogen (secondary N) is 1. The second kappa shape index (κ2) is 6.39. The summed E-state index contributed by atoms with van der Waals surface area (Å²) in [7, 11) is 3.67. The quantitative estimate of drug-likeness (QED) is 0.902. The van der Waals surface area contributed by atoms with Crippen LogP contribution < -0.4 is 5.32 Å². The van der Waals surface area contributed by atoms with E-state index in [-0.39, 0.29) is 5.60 Å². The number of aryl methyl sites for hydroxylation is 1. The van der Waals surface area contributed by atoms with Crippen LogP contribution in [0.2, 0.25) is 0 Å². The van der Waals surface area contributed by atoms with E-state index in [4.69, 9.17) is 14.7 Å². The Morgan fingerprint density at radius 1 is 1.45 bits per heavy atom. The molecule has 2 unspecified atom stereocenters. The van der Waals surface area contributed by atoms with E-state index in [9.17, 15) is 0 Å². The molecule has 1 aromatic heterocycles. The average molecular weight is 342 g/mol. The Labute approximate surface area is 129 Å². The van der Waals surface area contributed by atoms with Crippen LogP contribution in [0.1, 0.15) is 51.0 Å². The van der Waals surface area contributed by atoms with Crippen molar-refractivity contribution in [3.63, 3.8) is 0 Å². The Morgan fingerprint density at radius 2 is 2.20 bits per heavy atom. The van der Waals surface area contributed by atoms with Crippen LogP contribution >= 0.6 is 15.9 Å². The molecular weight excluding hydrogens is 318 g/mol. The lowest BCUT2D eigenvalue weighted by atomic mass is 9.78. The zero-order valence-corrected chi connectivity index (χ0v) is 14.4. The predicted molar refractivity (Wildman–Crippen MR) is 85.0 cm³/mol. The molecular formula is C15H24BrN3O. The van der Waals surface area contributed by atoms with E-state index in [0.29, 0.717) is 5.92 Å². The average Bonchev–Trinajstić information content (AvgIpc) is 2.47. The first kappa shape index (κ1) is 15.7. The van der Waals surface area contributed by atoms with Crippen LogP contribution in [-0.2, 0) is 16.8 Å². The third-order valence-corrected chi connectivity index (χ3v) is 5.08. The molecule has 0 aliphatic heterocycles. The predicted octanol–water partition coefficient (Wildman–Crippen LogP) is 3.90. The van der Waals surface area contributed by atoms with Gasteiger partial charge in [0.15, 0.2) is 5.82 Å². The van der Waals surface area contributed by atoms with Gasteiger partial charge in [-0.3, -0.25) is 0 Å². The molecule has 0 saturated heterocycles. The molecule has 1 N–H and O–H groups in total. The van der Waals surface area contributed by atoms with E-state index in [1.807, 2.05) is 7.05 Å². The van der Waals surface area contributed by atoms with Gasteiger partial charge in [0.05, 0.1) is 10.2 Å². The lowest BCUT2D eigenvalue weighted by Gasteiger charge is -2.37. The van der Waals surface area contributed by atoms with Crippen LogP contribution in [0.5, 0.6) is 0 Å². The highest BCUT2D eigenvalue weighted by Gasteiger charge is 2.40. The summed E-state index contributed by atoms with van der Waals surface area (Å²) in [6.45, 7) is 4.39. The Morgan fingerprint density at radius 3 is 2.75 bits per heavy atom. The van der Waals surface area contributed by atoms with Crippen LogP contribution in [0, 0.1) is 5.92 Å². The van der Waals surface area contributed by atoms with Crippen LogP contribution in [0.4, 0.5) is 5.82 Å². The van der Waals surface area contributed by atoms with Crippen molar-refractivity contribution in [2.45, 2.75) is 51.6 Å². The van der Waals surface area contributed by atoms with Crippen molar-refractivity contribution in [1.82, 2.24) is 9.97 Å². The molecule has 5 heteroatoms. The summed E-state index contributed by atoms with van der Waals surface area (Å²) in [5.41, 5.74) is 0.711. The molecule has 2 atom stereocenters. The fourth-order valence-corrected chi connectivity index (χ4v) is 3.74. The van der Waals surface area contributed by atoms with Gasteiger partial charge in [0, 0.05) is 14.2 Å². The zero-order valence-electron chi connectivity index (χ0n) is 12.8. The van der Waals surface area contributed by atoms with E-state index in [2.05, 4.69) is 35.1 Å². The molecule has 0 radical (unpaired) electrons. The molecule has 4 nitrogen and oxygen atoms in total. The van der Waals surface area contributed by atoms with Gasteiger partial charge in [0.1, 0.15) is 11.4 Å². The summed E-state index contributed by atoms with van der Waals surface area (Å²) >= 11 is 3.58. The van der Waals surface area contributed by atoms with Gasteiger partial charge in [-0.05, 0) is 47.5 Å². The van der Waals surface area contributed by atoms with Crippen molar-refractivity contribution in [1.29, 1.82) is 0 Å². The first-order chi connectivity index (χ1) is 9.56. The fourth-order valence-electron chi connectivity index (χ4n) is 3.08. The number of rotatable bonds is 4. The molecule has 1 aliphatic rings. The summed E-state index contributed by atoms with van der Waals surface area (Å²) in [4.78, 5) is 9.48. The van der Waals surface area contributed by atoms with Crippen LogP contribution in [0.25, 0.3) is 0 Å². The molecule has 1 aliphatic carbocycles. The maximum atomic E-state index is 5.91. The molecule has 20 heavy (non-hydrogen) atoms. The minimum Gasteiger partial charge on any atom is -0.372 e. The number of ether oxygens (including phenoxy) is 1. The minimum atomic E-state index is -0.326. The highest BCUT2D eigenvalue weighted by Crippen LogP contribution is 2.42. The fraction of sp³-hybridized carbons (Fsp3) is 0.733. The summed E-state index contributed by atoms with van der Waals surface area (Å²) in [5.74, 6) is 2.33. The maximum Gasteiger partial charge on any atom is 0.162 e. The van der Waals surface area contributed by atoms with Crippen molar-refractivity contribution < 1.29 is 4.74 Å². The SMILES string of the molecule is CCc1nc(C2(OC)CCCC(C)C2)nc(NC)c1Br. The maximum absolute atomic E-state index is 5.91. The van der Waals surface area contributed by atoms with E-state index in [0.717, 1.165) is 41.1 Å².